The number of carboxylic acids is 1. The molecule has 2 heterocycles. The molecule has 17 heavy (non-hydrogen) atoms. The van der Waals surface area contributed by atoms with Crippen LogP contribution in [0.3, 0.4) is 0 Å². The fourth-order valence-corrected chi connectivity index (χ4v) is 1.74. The van der Waals surface area contributed by atoms with Crippen LogP contribution in [0.25, 0.3) is 0 Å². The van der Waals surface area contributed by atoms with E-state index in [9.17, 15) is 4.79 Å². The van der Waals surface area contributed by atoms with E-state index in [1.807, 2.05) is 13.8 Å². The second kappa shape index (κ2) is 4.67. The van der Waals surface area contributed by atoms with E-state index in [2.05, 4.69) is 15.3 Å². The number of ether oxygens (including phenoxy) is 1. The van der Waals surface area contributed by atoms with Gasteiger partial charge in [-0.2, -0.15) is 0 Å². The summed E-state index contributed by atoms with van der Waals surface area (Å²) in [6, 6.07) is -0.246. The Hall–Kier alpha value is -1.69. The first-order chi connectivity index (χ1) is 8.08. The molecule has 2 unspecified atom stereocenters. The summed E-state index contributed by atoms with van der Waals surface area (Å²) >= 11 is 0. The van der Waals surface area contributed by atoms with E-state index in [4.69, 9.17) is 9.84 Å². The van der Waals surface area contributed by atoms with Gasteiger partial charge >= 0.3 is 5.97 Å². The van der Waals surface area contributed by atoms with Gasteiger partial charge in [-0.15, -0.1) is 0 Å². The minimum Gasteiger partial charge on any atom is -0.481 e. The highest BCUT2D eigenvalue weighted by atomic mass is 16.5. The number of carbonyl (C=O) groups is 1. The molecule has 1 aromatic heterocycles. The topological polar surface area (TPSA) is 84.3 Å². The van der Waals surface area contributed by atoms with Gasteiger partial charge in [-0.25, -0.2) is 4.98 Å². The van der Waals surface area contributed by atoms with E-state index in [0.29, 0.717) is 12.4 Å². The molecule has 0 amide bonds. The van der Waals surface area contributed by atoms with Crippen molar-refractivity contribution in [2.45, 2.75) is 19.9 Å². The molecule has 1 saturated heterocycles. The summed E-state index contributed by atoms with van der Waals surface area (Å²) in [6.07, 6.45) is 1.61. The molecule has 1 fully saturated rings. The molecule has 2 N–H and O–H groups in total. The lowest BCUT2D eigenvalue weighted by Crippen LogP contribution is -2.33. The molecule has 92 valence electrons. The van der Waals surface area contributed by atoms with Gasteiger partial charge in [-0.05, 0) is 13.8 Å². The lowest BCUT2D eigenvalue weighted by molar-refractivity contribution is -0.141. The fraction of sp³-hybridized carbons (Fsp3) is 0.545. The van der Waals surface area contributed by atoms with Crippen molar-refractivity contribution in [3.8, 4) is 0 Å². The van der Waals surface area contributed by atoms with Crippen LogP contribution in [-0.4, -0.2) is 40.3 Å². The molecular weight excluding hydrogens is 222 g/mol. The zero-order chi connectivity index (χ0) is 12.4. The maximum absolute atomic E-state index is 11.0. The third kappa shape index (κ3) is 2.52. The van der Waals surface area contributed by atoms with E-state index in [1.165, 1.54) is 0 Å². The molecular formula is C11H15N3O3. The van der Waals surface area contributed by atoms with Crippen LogP contribution >= 0.6 is 0 Å². The van der Waals surface area contributed by atoms with Gasteiger partial charge in [-0.1, -0.05) is 0 Å². The van der Waals surface area contributed by atoms with Gasteiger partial charge in [0.25, 0.3) is 0 Å². The summed E-state index contributed by atoms with van der Waals surface area (Å²) in [5.74, 6) is -0.787. The van der Waals surface area contributed by atoms with Gasteiger partial charge in [0.1, 0.15) is 11.7 Å². The summed E-state index contributed by atoms with van der Waals surface area (Å²) in [4.78, 5) is 19.5. The lowest BCUT2D eigenvalue weighted by Gasteiger charge is -2.16. The van der Waals surface area contributed by atoms with Crippen molar-refractivity contribution < 1.29 is 14.6 Å². The van der Waals surface area contributed by atoms with Gasteiger partial charge in [-0.3, -0.25) is 9.78 Å². The zero-order valence-electron chi connectivity index (χ0n) is 9.80. The van der Waals surface area contributed by atoms with Gasteiger partial charge in [0.15, 0.2) is 0 Å². The highest BCUT2D eigenvalue weighted by Crippen LogP contribution is 2.18. The molecule has 2 rings (SSSR count). The molecule has 0 spiro atoms. The molecule has 2 atom stereocenters. The highest BCUT2D eigenvalue weighted by Gasteiger charge is 2.34. The van der Waals surface area contributed by atoms with Crippen molar-refractivity contribution in [1.82, 2.24) is 9.97 Å². The summed E-state index contributed by atoms with van der Waals surface area (Å²) in [5.41, 5.74) is 1.70. The summed E-state index contributed by atoms with van der Waals surface area (Å²) in [7, 11) is 0. The quantitative estimate of drug-likeness (QED) is 0.801. The van der Waals surface area contributed by atoms with Crippen LogP contribution in [0.15, 0.2) is 6.20 Å². The van der Waals surface area contributed by atoms with E-state index in [0.717, 1.165) is 11.4 Å². The Bertz CT molecular complexity index is 436. The Balaban J connectivity index is 2.09. The van der Waals surface area contributed by atoms with Crippen LogP contribution in [0.5, 0.6) is 0 Å². The second-order valence-corrected chi connectivity index (χ2v) is 4.16. The van der Waals surface area contributed by atoms with Gasteiger partial charge in [0.05, 0.1) is 36.8 Å². The molecule has 1 aliphatic heterocycles. The maximum atomic E-state index is 11.0. The average Bonchev–Trinajstić information content (AvgIpc) is 2.72. The Morgan fingerprint density at radius 2 is 2.24 bits per heavy atom. The first-order valence-electron chi connectivity index (χ1n) is 5.45. The van der Waals surface area contributed by atoms with E-state index < -0.39 is 11.9 Å². The highest BCUT2D eigenvalue weighted by molar-refractivity contribution is 5.72. The van der Waals surface area contributed by atoms with Crippen molar-refractivity contribution in [2.24, 2.45) is 5.92 Å². The number of carboxylic acid groups (broad SMARTS) is 1. The zero-order valence-corrected chi connectivity index (χ0v) is 9.80. The predicted molar refractivity (Wildman–Crippen MR) is 60.9 cm³/mol. The first kappa shape index (κ1) is 11.8. The first-order valence-corrected chi connectivity index (χ1v) is 5.45. The van der Waals surface area contributed by atoms with Crippen LogP contribution in [0.4, 0.5) is 5.82 Å². The van der Waals surface area contributed by atoms with Gasteiger partial charge in [0.2, 0.25) is 0 Å². The molecule has 6 heteroatoms. The summed E-state index contributed by atoms with van der Waals surface area (Å²) in [5, 5.41) is 12.1. The second-order valence-electron chi connectivity index (χ2n) is 4.16. The Morgan fingerprint density at radius 1 is 1.47 bits per heavy atom. The van der Waals surface area contributed by atoms with Gasteiger partial charge < -0.3 is 15.2 Å². The minimum atomic E-state index is -0.850. The van der Waals surface area contributed by atoms with Crippen molar-refractivity contribution in [3.63, 3.8) is 0 Å². The molecule has 0 aromatic carbocycles. The lowest BCUT2D eigenvalue weighted by atomic mass is 10.0. The minimum absolute atomic E-state index is 0.241. The molecule has 0 saturated carbocycles. The third-order valence-electron chi connectivity index (χ3n) is 2.92. The van der Waals surface area contributed by atoms with Crippen LogP contribution in [0.2, 0.25) is 0 Å². The SMILES string of the molecule is Cc1ncc(NC2COCC2C(=O)O)nc1C. The number of nitrogens with zero attached hydrogens (tertiary/aromatic N) is 2. The number of rotatable bonds is 3. The molecule has 1 aromatic rings. The smallest absolute Gasteiger partial charge is 0.311 e. The number of hydrogen-bond donors (Lipinski definition) is 2. The van der Waals surface area contributed by atoms with Crippen molar-refractivity contribution in [1.29, 1.82) is 0 Å². The van der Waals surface area contributed by atoms with Crippen LogP contribution in [-0.2, 0) is 9.53 Å². The van der Waals surface area contributed by atoms with Gasteiger partial charge in [0, 0.05) is 0 Å². The number of hydrogen-bond acceptors (Lipinski definition) is 5. The molecule has 0 aliphatic carbocycles. The largest absolute Gasteiger partial charge is 0.481 e. The Labute approximate surface area is 99.0 Å². The van der Waals surface area contributed by atoms with Crippen molar-refractivity contribution in [2.75, 3.05) is 18.5 Å². The normalized spacial score (nSPS) is 23.6. The van der Waals surface area contributed by atoms with Crippen molar-refractivity contribution >= 4 is 11.8 Å². The Kier molecular flexibility index (Phi) is 3.23. The number of anilines is 1. The molecule has 1 aliphatic rings. The van der Waals surface area contributed by atoms with Crippen LogP contribution < -0.4 is 5.32 Å². The number of aromatic nitrogens is 2. The van der Waals surface area contributed by atoms with Crippen LogP contribution in [0, 0.1) is 19.8 Å². The van der Waals surface area contributed by atoms with E-state index in [1.54, 1.807) is 6.20 Å². The summed E-state index contributed by atoms with van der Waals surface area (Å²) < 4.78 is 5.17. The van der Waals surface area contributed by atoms with Crippen LogP contribution in [0.1, 0.15) is 11.4 Å². The maximum Gasteiger partial charge on any atom is 0.311 e. The molecule has 6 nitrogen and oxygen atoms in total. The third-order valence-corrected chi connectivity index (χ3v) is 2.92. The number of nitrogens with one attached hydrogen (secondary N) is 1. The number of aliphatic carboxylic acids is 1. The van der Waals surface area contributed by atoms with E-state index in [-0.39, 0.29) is 12.6 Å². The van der Waals surface area contributed by atoms with Crippen molar-refractivity contribution in [3.05, 3.63) is 17.6 Å². The molecule has 0 bridgehead atoms. The summed E-state index contributed by atoms with van der Waals surface area (Å²) in [6.45, 7) is 4.37. The average molecular weight is 237 g/mol. The number of aryl methyl sites for hydroxylation is 2. The predicted octanol–water partition coefficient (Wildman–Crippen LogP) is 0.605. The Morgan fingerprint density at radius 3 is 2.88 bits per heavy atom. The molecule has 0 radical (unpaired) electrons. The van der Waals surface area contributed by atoms with E-state index >= 15 is 0 Å². The fourth-order valence-electron chi connectivity index (χ4n) is 1.74. The monoisotopic (exact) mass is 237 g/mol. The standard InChI is InChI=1S/C11H15N3O3/c1-6-7(2)13-10(3-12-6)14-9-5-17-4-8(9)11(15)16/h3,8-9H,4-5H2,1-2H3,(H,13,14)(H,15,16).